The highest BCUT2D eigenvalue weighted by Crippen LogP contribution is 2.44. The van der Waals surface area contributed by atoms with E-state index in [-0.39, 0.29) is 21.9 Å². The maximum Gasteiger partial charge on any atom is 0.303 e. The molecule has 0 aliphatic carbocycles. The molecule has 1 saturated heterocycles. The molecule has 0 spiro atoms. The summed E-state index contributed by atoms with van der Waals surface area (Å²) in [6.45, 7) is 5.34. The minimum Gasteiger partial charge on any atom is -0.456 e. The van der Waals surface area contributed by atoms with Crippen LogP contribution in [0.4, 0.5) is 0 Å². The van der Waals surface area contributed by atoms with Gasteiger partial charge in [0, 0.05) is 39.0 Å². The first-order valence-electron chi connectivity index (χ1n) is 11.3. The summed E-state index contributed by atoms with van der Waals surface area (Å²) in [5.74, 6) is -4.25. The summed E-state index contributed by atoms with van der Waals surface area (Å²) in [4.78, 5) is 50.0. The van der Waals surface area contributed by atoms with Gasteiger partial charge in [0.25, 0.3) is 0 Å². The number of hydrogen-bond donors (Lipinski definition) is 0. The van der Waals surface area contributed by atoms with Gasteiger partial charge in [0.2, 0.25) is 17.7 Å². The van der Waals surface area contributed by atoms with Crippen LogP contribution in [0.5, 0.6) is 0 Å². The number of thiophene rings is 1. The van der Waals surface area contributed by atoms with Crippen LogP contribution < -0.4 is 0 Å². The lowest BCUT2D eigenvalue weighted by atomic mass is 9.85. The Hall–Kier alpha value is -2.31. The van der Waals surface area contributed by atoms with E-state index in [1.54, 1.807) is 25.1 Å². The first-order valence-corrected chi connectivity index (χ1v) is 13.3. The molecule has 1 fully saturated rings. The number of halogens is 2. The molecule has 5 atom stereocenters. The largest absolute Gasteiger partial charge is 0.456 e. The number of ether oxygens (including phenoxy) is 5. The fraction of sp³-hybridized carbons (Fsp3) is 0.440. The van der Waals surface area contributed by atoms with E-state index >= 15 is 0 Å². The lowest BCUT2D eigenvalue weighted by molar-refractivity contribution is -0.365. The molecule has 37 heavy (non-hydrogen) atoms. The SMILES string of the molecule is CC[C@H]1OC(OC)(c2ccc(Cl)c(C(=O)c3ccc(Br)s3)c2)[C@H](OC(C)=O)[C@@H](OC(C)=O)[C@@H]1OC(C)=O. The molecule has 1 aliphatic heterocycles. The van der Waals surface area contributed by atoms with Crippen LogP contribution in [0.3, 0.4) is 0 Å². The van der Waals surface area contributed by atoms with Gasteiger partial charge in [0.1, 0.15) is 6.10 Å². The van der Waals surface area contributed by atoms with Gasteiger partial charge in [0.05, 0.1) is 13.7 Å². The Morgan fingerprint density at radius 3 is 2.14 bits per heavy atom. The normalized spacial score (nSPS) is 25.3. The van der Waals surface area contributed by atoms with E-state index in [9.17, 15) is 19.2 Å². The summed E-state index contributed by atoms with van der Waals surface area (Å²) in [6, 6.07) is 7.97. The van der Waals surface area contributed by atoms with Crippen LogP contribution in [0.25, 0.3) is 0 Å². The van der Waals surface area contributed by atoms with Gasteiger partial charge in [-0.15, -0.1) is 11.3 Å². The summed E-state index contributed by atoms with van der Waals surface area (Å²) in [6.07, 6.45) is -4.31. The van der Waals surface area contributed by atoms with Crippen molar-refractivity contribution in [3.05, 3.63) is 55.1 Å². The maximum absolute atomic E-state index is 13.3. The smallest absolute Gasteiger partial charge is 0.303 e. The predicted molar refractivity (Wildman–Crippen MR) is 137 cm³/mol. The third kappa shape index (κ3) is 6.23. The highest BCUT2D eigenvalue weighted by molar-refractivity contribution is 9.11. The van der Waals surface area contributed by atoms with Crippen molar-refractivity contribution in [3.8, 4) is 0 Å². The van der Waals surface area contributed by atoms with Crippen molar-refractivity contribution in [2.45, 2.75) is 64.3 Å². The minimum absolute atomic E-state index is 0.161. The number of carbonyl (C=O) groups is 4. The number of esters is 3. The summed E-state index contributed by atoms with van der Waals surface area (Å²) in [7, 11) is 1.33. The summed E-state index contributed by atoms with van der Waals surface area (Å²) in [5, 5.41) is 0.186. The van der Waals surface area contributed by atoms with Crippen LogP contribution in [0, 0.1) is 0 Å². The lowest BCUT2D eigenvalue weighted by Crippen LogP contribution is -2.66. The average Bonchev–Trinajstić information content (AvgIpc) is 3.27. The van der Waals surface area contributed by atoms with Crippen LogP contribution in [0.1, 0.15) is 54.9 Å². The second-order valence-corrected chi connectivity index (χ2v) is 11.1. The number of ketones is 1. The van der Waals surface area contributed by atoms with Gasteiger partial charge in [-0.2, -0.15) is 0 Å². The standard InChI is InChI=1S/C25H26BrClO9S/c1-6-18-22(33-12(2)28)23(34-13(3)29)24(35-14(4)30)25(32-5,36-18)15-7-8-17(27)16(11-15)21(31)19-9-10-20(26)37-19/h7-11,18,22-24H,6H2,1-5H3/t18-,22-,23+,24-,25?/m1/s1. The van der Waals surface area contributed by atoms with Gasteiger partial charge in [-0.1, -0.05) is 24.6 Å². The molecule has 1 aromatic carbocycles. The van der Waals surface area contributed by atoms with Gasteiger partial charge in [-0.05, 0) is 46.6 Å². The molecular formula is C25H26BrClO9S. The highest BCUT2D eigenvalue weighted by Gasteiger charge is 2.61. The molecule has 3 rings (SSSR count). The maximum atomic E-state index is 13.3. The van der Waals surface area contributed by atoms with E-state index in [0.717, 1.165) is 3.79 Å². The Bertz CT molecular complexity index is 1200. The number of carbonyl (C=O) groups excluding carboxylic acids is 4. The second-order valence-electron chi connectivity index (χ2n) is 8.24. The van der Waals surface area contributed by atoms with Crippen molar-refractivity contribution >= 4 is 62.6 Å². The van der Waals surface area contributed by atoms with E-state index in [1.807, 2.05) is 0 Å². The highest BCUT2D eigenvalue weighted by atomic mass is 79.9. The molecule has 1 unspecified atom stereocenters. The third-order valence-electron chi connectivity index (χ3n) is 5.70. The zero-order valence-electron chi connectivity index (χ0n) is 20.7. The van der Waals surface area contributed by atoms with E-state index in [0.29, 0.717) is 11.3 Å². The molecule has 2 heterocycles. The monoisotopic (exact) mass is 616 g/mol. The Kier molecular flexibility index (Phi) is 9.52. The van der Waals surface area contributed by atoms with Crippen LogP contribution in [0.15, 0.2) is 34.1 Å². The number of methoxy groups -OCH3 is 1. The van der Waals surface area contributed by atoms with Crippen molar-refractivity contribution in [2.24, 2.45) is 0 Å². The number of hydrogen-bond acceptors (Lipinski definition) is 10. The molecule has 0 saturated carbocycles. The van der Waals surface area contributed by atoms with Crippen molar-refractivity contribution in [1.29, 1.82) is 0 Å². The van der Waals surface area contributed by atoms with Crippen LogP contribution >= 0.6 is 38.9 Å². The number of benzene rings is 1. The lowest BCUT2D eigenvalue weighted by Gasteiger charge is -2.50. The van der Waals surface area contributed by atoms with E-state index < -0.39 is 48.1 Å². The van der Waals surface area contributed by atoms with E-state index in [1.165, 1.54) is 51.4 Å². The van der Waals surface area contributed by atoms with Crippen molar-refractivity contribution in [1.82, 2.24) is 0 Å². The zero-order valence-corrected chi connectivity index (χ0v) is 23.9. The average molecular weight is 618 g/mol. The minimum atomic E-state index is -1.85. The first kappa shape index (κ1) is 29.2. The van der Waals surface area contributed by atoms with Crippen LogP contribution in [-0.2, 0) is 43.9 Å². The molecule has 2 aromatic rings. The molecule has 0 amide bonds. The van der Waals surface area contributed by atoms with Crippen LogP contribution in [0.2, 0.25) is 5.02 Å². The molecule has 0 N–H and O–H groups in total. The molecule has 0 bridgehead atoms. The van der Waals surface area contributed by atoms with Crippen LogP contribution in [-0.4, -0.2) is 55.2 Å². The molecule has 0 radical (unpaired) electrons. The molecule has 1 aliphatic rings. The van der Waals surface area contributed by atoms with Gasteiger partial charge in [-0.3, -0.25) is 19.2 Å². The molecule has 9 nitrogen and oxygen atoms in total. The quantitative estimate of drug-likeness (QED) is 0.234. The Morgan fingerprint density at radius 2 is 1.62 bits per heavy atom. The van der Waals surface area contributed by atoms with E-state index in [4.69, 9.17) is 35.3 Å². The molecular weight excluding hydrogens is 592 g/mol. The zero-order chi connectivity index (χ0) is 27.5. The summed E-state index contributed by atoms with van der Waals surface area (Å²) in [5.41, 5.74) is 0.441. The Balaban J connectivity index is 2.21. The molecule has 12 heteroatoms. The summed E-state index contributed by atoms with van der Waals surface area (Å²) >= 11 is 11.0. The third-order valence-corrected chi connectivity index (χ3v) is 7.65. The first-order chi connectivity index (χ1) is 17.4. The topological polar surface area (TPSA) is 114 Å². The fourth-order valence-electron chi connectivity index (χ4n) is 4.25. The van der Waals surface area contributed by atoms with Gasteiger partial charge >= 0.3 is 17.9 Å². The van der Waals surface area contributed by atoms with Gasteiger partial charge in [0.15, 0.2) is 12.2 Å². The molecule has 200 valence electrons. The number of rotatable bonds is 8. The molecule has 1 aromatic heterocycles. The predicted octanol–water partition coefficient (Wildman–Crippen LogP) is 4.80. The van der Waals surface area contributed by atoms with Crippen molar-refractivity contribution in [3.63, 3.8) is 0 Å². The second kappa shape index (κ2) is 12.0. The Morgan fingerprint density at radius 1 is 1.00 bits per heavy atom. The van der Waals surface area contributed by atoms with Gasteiger partial charge < -0.3 is 23.7 Å². The van der Waals surface area contributed by atoms with Gasteiger partial charge in [-0.25, -0.2) is 0 Å². The fourth-order valence-corrected chi connectivity index (χ4v) is 5.80. The summed E-state index contributed by atoms with van der Waals surface area (Å²) < 4.78 is 29.6. The van der Waals surface area contributed by atoms with Crippen molar-refractivity contribution < 1.29 is 42.9 Å². The Labute approximate surface area is 231 Å². The van der Waals surface area contributed by atoms with Crippen molar-refractivity contribution in [2.75, 3.05) is 7.11 Å². The van der Waals surface area contributed by atoms with E-state index in [2.05, 4.69) is 15.9 Å².